The van der Waals surface area contributed by atoms with Gasteiger partial charge in [0.1, 0.15) is 10.7 Å². The fraction of sp³-hybridized carbons (Fsp3) is 0.400. The second kappa shape index (κ2) is 8.35. The van der Waals surface area contributed by atoms with Gasteiger partial charge >= 0.3 is 0 Å². The number of nitro benzene ring substituents is 1. The molecule has 0 spiro atoms. The predicted octanol–water partition coefficient (Wildman–Crippen LogP) is 2.32. The standard InChI is InChI=1S/C20H23N5O5S2/c1-12-14(3)31-20-18(12)19(26)21-17(22-20)11-23-7-9-24(10-8-23)32(29,30)16-6-4-5-15(13(16)2)25(27)28/h4-6H,7-11H2,1-3H3,(H,21,22,26). The van der Waals surface area contributed by atoms with Crippen molar-refractivity contribution >= 4 is 37.3 Å². The van der Waals surface area contributed by atoms with E-state index in [9.17, 15) is 23.3 Å². The van der Waals surface area contributed by atoms with Gasteiger partial charge in [-0.3, -0.25) is 19.8 Å². The quantitative estimate of drug-likeness (QED) is 0.441. The summed E-state index contributed by atoms with van der Waals surface area (Å²) in [5, 5.41) is 11.8. The first-order chi connectivity index (χ1) is 15.1. The van der Waals surface area contributed by atoms with Crippen LogP contribution in [0.3, 0.4) is 0 Å². The van der Waals surface area contributed by atoms with Crippen molar-refractivity contribution in [2.45, 2.75) is 32.2 Å². The topological polar surface area (TPSA) is 130 Å². The second-order valence-electron chi connectivity index (χ2n) is 7.81. The molecular formula is C20H23N5O5S2. The van der Waals surface area contributed by atoms with Crippen molar-refractivity contribution < 1.29 is 13.3 Å². The lowest BCUT2D eigenvalue weighted by molar-refractivity contribution is -0.385. The number of rotatable bonds is 5. The van der Waals surface area contributed by atoms with Crippen LogP contribution in [0.1, 0.15) is 21.8 Å². The summed E-state index contributed by atoms with van der Waals surface area (Å²) in [5.41, 5.74) is 0.709. The Morgan fingerprint density at radius 3 is 2.50 bits per heavy atom. The first-order valence-electron chi connectivity index (χ1n) is 10.0. The number of aromatic amines is 1. The molecule has 2 aromatic heterocycles. The van der Waals surface area contributed by atoms with E-state index in [0.29, 0.717) is 35.7 Å². The van der Waals surface area contributed by atoms with Gasteiger partial charge in [-0.25, -0.2) is 13.4 Å². The van der Waals surface area contributed by atoms with Crippen molar-refractivity contribution in [2.24, 2.45) is 0 Å². The van der Waals surface area contributed by atoms with Crippen LogP contribution >= 0.6 is 11.3 Å². The molecule has 1 saturated heterocycles. The van der Waals surface area contributed by atoms with E-state index in [1.165, 1.54) is 40.8 Å². The van der Waals surface area contributed by atoms with Crippen molar-refractivity contribution in [2.75, 3.05) is 26.2 Å². The highest BCUT2D eigenvalue weighted by Crippen LogP contribution is 2.28. The molecule has 3 aromatic rings. The number of benzene rings is 1. The predicted molar refractivity (Wildman–Crippen MR) is 122 cm³/mol. The van der Waals surface area contributed by atoms with Crippen LogP contribution in [-0.4, -0.2) is 58.7 Å². The van der Waals surface area contributed by atoms with E-state index >= 15 is 0 Å². The van der Waals surface area contributed by atoms with Crippen LogP contribution in [0.4, 0.5) is 5.69 Å². The van der Waals surface area contributed by atoms with Crippen LogP contribution in [0, 0.1) is 30.9 Å². The maximum absolute atomic E-state index is 13.1. The lowest BCUT2D eigenvalue weighted by Crippen LogP contribution is -2.48. The van der Waals surface area contributed by atoms with Gasteiger partial charge in [-0.1, -0.05) is 6.07 Å². The largest absolute Gasteiger partial charge is 0.309 e. The average molecular weight is 478 g/mol. The number of aromatic nitrogens is 2. The number of piperazine rings is 1. The summed E-state index contributed by atoms with van der Waals surface area (Å²) in [6.07, 6.45) is 0. The molecule has 12 heteroatoms. The highest BCUT2D eigenvalue weighted by Gasteiger charge is 2.31. The number of hydrogen-bond donors (Lipinski definition) is 1. The molecule has 0 amide bonds. The molecule has 10 nitrogen and oxygen atoms in total. The molecule has 1 aliphatic heterocycles. The summed E-state index contributed by atoms with van der Waals surface area (Å²) < 4.78 is 27.5. The van der Waals surface area contributed by atoms with Gasteiger partial charge in [0, 0.05) is 42.7 Å². The zero-order chi connectivity index (χ0) is 23.2. The number of thiophene rings is 1. The summed E-state index contributed by atoms with van der Waals surface area (Å²) in [6.45, 7) is 7.13. The molecule has 1 aliphatic rings. The molecule has 0 unspecified atom stereocenters. The van der Waals surface area contributed by atoms with Crippen molar-refractivity contribution in [3.05, 3.63) is 60.5 Å². The molecule has 0 saturated carbocycles. The zero-order valence-electron chi connectivity index (χ0n) is 17.9. The van der Waals surface area contributed by atoms with E-state index < -0.39 is 14.9 Å². The van der Waals surface area contributed by atoms with E-state index in [1.807, 2.05) is 18.7 Å². The third-order valence-electron chi connectivity index (χ3n) is 5.86. The minimum Gasteiger partial charge on any atom is -0.309 e. The van der Waals surface area contributed by atoms with Crippen LogP contribution in [0.25, 0.3) is 10.2 Å². The number of nitrogens with zero attached hydrogens (tertiary/aromatic N) is 4. The first-order valence-corrected chi connectivity index (χ1v) is 12.3. The highest BCUT2D eigenvalue weighted by atomic mass is 32.2. The Kier molecular flexibility index (Phi) is 5.88. The van der Waals surface area contributed by atoms with E-state index in [2.05, 4.69) is 9.97 Å². The Morgan fingerprint density at radius 1 is 1.16 bits per heavy atom. The minimum absolute atomic E-state index is 0.0416. The van der Waals surface area contributed by atoms with Gasteiger partial charge in [-0.05, 0) is 32.4 Å². The molecule has 0 aliphatic carbocycles. The molecule has 32 heavy (non-hydrogen) atoms. The highest BCUT2D eigenvalue weighted by molar-refractivity contribution is 7.89. The van der Waals surface area contributed by atoms with E-state index in [-0.39, 0.29) is 34.8 Å². The molecule has 3 heterocycles. The maximum Gasteiger partial charge on any atom is 0.273 e. The van der Waals surface area contributed by atoms with Crippen LogP contribution in [0.15, 0.2) is 27.9 Å². The van der Waals surface area contributed by atoms with E-state index in [1.54, 1.807) is 0 Å². The van der Waals surface area contributed by atoms with Gasteiger partial charge in [0.25, 0.3) is 11.2 Å². The fourth-order valence-electron chi connectivity index (χ4n) is 3.93. The monoisotopic (exact) mass is 477 g/mol. The van der Waals surface area contributed by atoms with Crippen LogP contribution in [-0.2, 0) is 16.6 Å². The second-order valence-corrected chi connectivity index (χ2v) is 10.9. The third-order valence-corrected chi connectivity index (χ3v) is 9.01. The van der Waals surface area contributed by atoms with Crippen LogP contribution in [0.5, 0.6) is 0 Å². The number of sulfonamides is 1. The lowest BCUT2D eigenvalue weighted by Gasteiger charge is -2.33. The van der Waals surface area contributed by atoms with Gasteiger partial charge in [0.05, 0.1) is 21.7 Å². The molecule has 1 fully saturated rings. The molecule has 4 rings (SSSR count). The third kappa shape index (κ3) is 3.94. The SMILES string of the molecule is Cc1sc2nc(CN3CCN(S(=O)(=O)c4cccc([N+](=O)[O-])c4C)CC3)[nH]c(=O)c2c1C. The zero-order valence-corrected chi connectivity index (χ0v) is 19.5. The summed E-state index contributed by atoms with van der Waals surface area (Å²) in [4.78, 5) is 34.3. The summed E-state index contributed by atoms with van der Waals surface area (Å²) in [5.74, 6) is 0.551. The molecule has 170 valence electrons. The normalized spacial score (nSPS) is 16.0. The molecule has 1 N–H and O–H groups in total. The Hall–Kier alpha value is -2.67. The molecule has 0 radical (unpaired) electrons. The van der Waals surface area contributed by atoms with Gasteiger partial charge in [0.15, 0.2) is 0 Å². The van der Waals surface area contributed by atoms with Gasteiger partial charge in [0.2, 0.25) is 10.0 Å². The Balaban J connectivity index is 1.49. The summed E-state index contributed by atoms with van der Waals surface area (Å²) in [7, 11) is -3.85. The van der Waals surface area contributed by atoms with Crippen molar-refractivity contribution in [1.82, 2.24) is 19.2 Å². The van der Waals surface area contributed by atoms with Crippen LogP contribution in [0.2, 0.25) is 0 Å². The summed E-state index contributed by atoms with van der Waals surface area (Å²) >= 11 is 1.49. The number of fused-ring (bicyclic) bond motifs is 1. The summed E-state index contributed by atoms with van der Waals surface area (Å²) in [6, 6.07) is 4.09. The number of H-pyrrole nitrogens is 1. The Morgan fingerprint density at radius 2 is 1.84 bits per heavy atom. The van der Waals surface area contributed by atoms with Gasteiger partial charge in [-0.15, -0.1) is 11.3 Å². The van der Waals surface area contributed by atoms with Gasteiger partial charge in [-0.2, -0.15) is 4.31 Å². The lowest BCUT2D eigenvalue weighted by atomic mass is 10.2. The smallest absolute Gasteiger partial charge is 0.273 e. The number of aryl methyl sites for hydroxylation is 2. The molecular weight excluding hydrogens is 454 g/mol. The fourth-order valence-corrected chi connectivity index (χ4v) is 6.65. The van der Waals surface area contributed by atoms with Crippen molar-refractivity contribution in [3.8, 4) is 0 Å². The average Bonchev–Trinajstić information content (AvgIpc) is 3.02. The Labute approximate surface area is 188 Å². The number of nitrogens with one attached hydrogen (secondary N) is 1. The number of nitro groups is 1. The molecule has 0 atom stereocenters. The van der Waals surface area contributed by atoms with Crippen molar-refractivity contribution in [3.63, 3.8) is 0 Å². The first kappa shape index (κ1) is 22.5. The van der Waals surface area contributed by atoms with Crippen molar-refractivity contribution in [1.29, 1.82) is 0 Å². The van der Waals surface area contributed by atoms with Crippen LogP contribution < -0.4 is 5.56 Å². The minimum atomic E-state index is -3.85. The van der Waals surface area contributed by atoms with Gasteiger partial charge < -0.3 is 4.98 Å². The van der Waals surface area contributed by atoms with E-state index in [0.717, 1.165) is 10.4 Å². The number of hydrogen-bond acceptors (Lipinski definition) is 8. The maximum atomic E-state index is 13.1. The molecule has 1 aromatic carbocycles. The van der Waals surface area contributed by atoms with E-state index in [4.69, 9.17) is 0 Å². The molecule has 0 bridgehead atoms. The Bertz CT molecular complexity index is 1370.